The predicted molar refractivity (Wildman–Crippen MR) is 121 cm³/mol. The number of fused-ring (bicyclic) bond motifs is 2. The van der Waals surface area contributed by atoms with Gasteiger partial charge in [-0.25, -0.2) is 0 Å². The molecule has 156 valence electrons. The molecule has 2 aliphatic heterocycles. The summed E-state index contributed by atoms with van der Waals surface area (Å²) in [5, 5.41) is 9.39. The fraction of sp³-hybridized carbons (Fsp3) is 0.458. The number of halogens is 1. The van der Waals surface area contributed by atoms with Crippen molar-refractivity contribution in [1.29, 1.82) is 0 Å². The number of aryl methyl sites for hydroxylation is 2. The lowest BCUT2D eigenvalue weighted by Gasteiger charge is -2.36. The monoisotopic (exact) mass is 414 g/mol. The molecule has 2 heterocycles. The Balaban J connectivity index is 0.00000240. The molecule has 1 saturated heterocycles. The summed E-state index contributed by atoms with van der Waals surface area (Å²) >= 11 is 0. The summed E-state index contributed by atoms with van der Waals surface area (Å²) in [6.45, 7) is 4.89. The van der Waals surface area contributed by atoms with E-state index in [1.54, 1.807) is 0 Å². The van der Waals surface area contributed by atoms with Gasteiger partial charge in [0.1, 0.15) is 0 Å². The highest BCUT2D eigenvalue weighted by molar-refractivity contribution is 5.85. The first-order valence-corrected chi connectivity index (χ1v) is 10.5. The summed E-state index contributed by atoms with van der Waals surface area (Å²) in [5.74, 6) is -0.858. The minimum Gasteiger partial charge on any atom is -0.481 e. The average Bonchev–Trinajstić information content (AvgIpc) is 2.89. The number of carboxylic acid groups (broad SMARTS) is 1. The van der Waals surface area contributed by atoms with Crippen LogP contribution in [-0.2, 0) is 17.6 Å². The van der Waals surface area contributed by atoms with Crippen LogP contribution in [0.2, 0.25) is 0 Å². The SMILES string of the molecule is CC(CCN1c2ccccc2CCc2ccccc21)N1CCC[C@@H](C(=O)O)C1.Cl. The lowest BCUT2D eigenvalue weighted by molar-refractivity contribution is -0.143. The van der Waals surface area contributed by atoms with Gasteiger partial charge < -0.3 is 10.0 Å². The average molecular weight is 415 g/mol. The second kappa shape index (κ2) is 9.64. The number of benzene rings is 2. The van der Waals surface area contributed by atoms with Gasteiger partial charge in [0, 0.05) is 30.5 Å². The number of nitrogens with zero attached hydrogens (tertiary/aromatic N) is 2. The zero-order valence-corrected chi connectivity index (χ0v) is 17.9. The second-order valence-corrected chi connectivity index (χ2v) is 8.22. The quantitative estimate of drug-likeness (QED) is 0.754. The maximum atomic E-state index is 11.4. The number of carboxylic acids is 1. The minimum absolute atomic E-state index is 0. The van der Waals surface area contributed by atoms with Crippen molar-refractivity contribution in [3.63, 3.8) is 0 Å². The fourth-order valence-electron chi connectivity index (χ4n) is 4.72. The smallest absolute Gasteiger partial charge is 0.307 e. The Hall–Kier alpha value is -2.04. The number of piperidine rings is 1. The van der Waals surface area contributed by atoms with E-state index in [0.717, 1.165) is 45.2 Å². The van der Waals surface area contributed by atoms with Crippen LogP contribution in [0.1, 0.15) is 37.3 Å². The number of hydrogen-bond donors (Lipinski definition) is 1. The van der Waals surface area contributed by atoms with Gasteiger partial charge in [-0.3, -0.25) is 9.69 Å². The molecule has 0 radical (unpaired) electrons. The standard InChI is InChI=1S/C24H30N2O2.ClH/c1-18(25-15-6-9-21(17-25)24(27)28)14-16-26-22-10-4-2-7-19(22)12-13-20-8-3-5-11-23(20)26;/h2-5,7-8,10-11,18,21H,6,9,12-17H2,1H3,(H,27,28);1H/t18?,21-;/m1./s1. The number of rotatable bonds is 5. The predicted octanol–water partition coefficient (Wildman–Crippen LogP) is 4.92. The Bertz CT molecular complexity index is 794. The van der Waals surface area contributed by atoms with E-state index in [1.165, 1.54) is 22.5 Å². The van der Waals surface area contributed by atoms with E-state index in [2.05, 4.69) is 65.3 Å². The van der Waals surface area contributed by atoms with Crippen molar-refractivity contribution in [2.24, 2.45) is 5.92 Å². The number of anilines is 2. The van der Waals surface area contributed by atoms with E-state index >= 15 is 0 Å². The number of likely N-dealkylation sites (tertiary alicyclic amines) is 1. The van der Waals surface area contributed by atoms with E-state index in [4.69, 9.17) is 0 Å². The van der Waals surface area contributed by atoms with E-state index in [0.29, 0.717) is 12.6 Å². The number of para-hydroxylation sites is 2. The Morgan fingerprint density at radius 1 is 1.07 bits per heavy atom. The molecule has 4 rings (SSSR count). The van der Waals surface area contributed by atoms with Crippen LogP contribution in [0.4, 0.5) is 11.4 Å². The number of carbonyl (C=O) groups is 1. The summed E-state index contributed by atoms with van der Waals surface area (Å²) in [7, 11) is 0. The van der Waals surface area contributed by atoms with Crippen molar-refractivity contribution in [3.05, 3.63) is 59.7 Å². The molecular formula is C24H31ClN2O2. The topological polar surface area (TPSA) is 43.8 Å². The van der Waals surface area contributed by atoms with Gasteiger partial charge >= 0.3 is 5.97 Å². The van der Waals surface area contributed by atoms with Crippen LogP contribution in [0, 0.1) is 5.92 Å². The van der Waals surface area contributed by atoms with Gasteiger partial charge in [0.05, 0.1) is 5.92 Å². The summed E-state index contributed by atoms with van der Waals surface area (Å²) in [5.41, 5.74) is 5.47. The minimum atomic E-state index is -0.646. The van der Waals surface area contributed by atoms with Crippen LogP contribution in [-0.4, -0.2) is 41.7 Å². The molecule has 4 nitrogen and oxygen atoms in total. The molecule has 0 spiro atoms. The van der Waals surface area contributed by atoms with Gasteiger partial charge in [0.25, 0.3) is 0 Å². The maximum Gasteiger partial charge on any atom is 0.307 e. The molecule has 0 bridgehead atoms. The van der Waals surface area contributed by atoms with Gasteiger partial charge in [-0.2, -0.15) is 0 Å². The fourth-order valence-corrected chi connectivity index (χ4v) is 4.72. The normalized spacial score (nSPS) is 20.0. The highest BCUT2D eigenvalue weighted by atomic mass is 35.5. The van der Waals surface area contributed by atoms with Crippen molar-refractivity contribution >= 4 is 29.8 Å². The first kappa shape index (κ1) is 21.7. The van der Waals surface area contributed by atoms with Gasteiger partial charge in [-0.1, -0.05) is 36.4 Å². The summed E-state index contributed by atoms with van der Waals surface area (Å²) in [6.07, 6.45) is 4.97. The summed E-state index contributed by atoms with van der Waals surface area (Å²) in [6, 6.07) is 17.9. The molecule has 2 aromatic rings. The number of hydrogen-bond acceptors (Lipinski definition) is 3. The van der Waals surface area contributed by atoms with Crippen LogP contribution in [0.15, 0.2) is 48.5 Å². The van der Waals surface area contributed by atoms with Crippen LogP contribution < -0.4 is 4.90 Å². The second-order valence-electron chi connectivity index (χ2n) is 8.22. The van der Waals surface area contributed by atoms with Crippen molar-refractivity contribution in [3.8, 4) is 0 Å². The largest absolute Gasteiger partial charge is 0.481 e. The van der Waals surface area contributed by atoms with Gasteiger partial charge in [0.2, 0.25) is 0 Å². The molecule has 2 aliphatic rings. The Labute approximate surface area is 179 Å². The molecule has 1 unspecified atom stereocenters. The zero-order chi connectivity index (χ0) is 19.5. The first-order chi connectivity index (χ1) is 13.6. The molecule has 0 saturated carbocycles. The highest BCUT2D eigenvalue weighted by Gasteiger charge is 2.28. The first-order valence-electron chi connectivity index (χ1n) is 10.5. The molecule has 29 heavy (non-hydrogen) atoms. The van der Waals surface area contributed by atoms with Crippen molar-refractivity contribution in [1.82, 2.24) is 4.90 Å². The van der Waals surface area contributed by atoms with E-state index in [-0.39, 0.29) is 18.3 Å². The Morgan fingerprint density at radius 2 is 1.66 bits per heavy atom. The number of aliphatic carboxylic acids is 1. The van der Waals surface area contributed by atoms with E-state index in [1.807, 2.05) is 0 Å². The van der Waals surface area contributed by atoms with Crippen LogP contribution in [0.25, 0.3) is 0 Å². The maximum absolute atomic E-state index is 11.4. The van der Waals surface area contributed by atoms with Crippen LogP contribution in [0.3, 0.4) is 0 Å². The molecule has 1 N–H and O–H groups in total. The van der Waals surface area contributed by atoms with E-state index in [9.17, 15) is 9.90 Å². The van der Waals surface area contributed by atoms with Gasteiger partial charge in [-0.05, 0) is 68.8 Å². The highest BCUT2D eigenvalue weighted by Crippen LogP contribution is 2.36. The summed E-state index contributed by atoms with van der Waals surface area (Å²) < 4.78 is 0. The molecule has 5 heteroatoms. The third-order valence-electron chi connectivity index (χ3n) is 6.42. The third-order valence-corrected chi connectivity index (χ3v) is 6.42. The molecule has 0 aromatic heterocycles. The third kappa shape index (κ3) is 4.76. The van der Waals surface area contributed by atoms with Crippen LogP contribution >= 0.6 is 12.4 Å². The summed E-state index contributed by atoms with van der Waals surface area (Å²) in [4.78, 5) is 16.3. The Kier molecular flexibility index (Phi) is 7.20. The van der Waals surface area contributed by atoms with E-state index < -0.39 is 5.97 Å². The van der Waals surface area contributed by atoms with Gasteiger partial charge in [-0.15, -0.1) is 12.4 Å². The van der Waals surface area contributed by atoms with Gasteiger partial charge in [0.15, 0.2) is 0 Å². The molecule has 1 fully saturated rings. The van der Waals surface area contributed by atoms with Crippen molar-refractivity contribution in [2.75, 3.05) is 24.5 Å². The molecule has 2 atom stereocenters. The zero-order valence-electron chi connectivity index (χ0n) is 17.1. The van der Waals surface area contributed by atoms with Crippen molar-refractivity contribution in [2.45, 2.75) is 45.1 Å². The molecule has 2 aromatic carbocycles. The van der Waals surface area contributed by atoms with Crippen LogP contribution in [0.5, 0.6) is 0 Å². The lowest BCUT2D eigenvalue weighted by Crippen LogP contribution is -2.44. The van der Waals surface area contributed by atoms with Crippen molar-refractivity contribution < 1.29 is 9.90 Å². The molecule has 0 amide bonds. The molecule has 0 aliphatic carbocycles. The Morgan fingerprint density at radius 3 is 2.24 bits per heavy atom. The molecular weight excluding hydrogens is 384 g/mol. The lowest BCUT2D eigenvalue weighted by atomic mass is 9.96.